The molecule has 0 spiro atoms. The molecule has 27 heavy (non-hydrogen) atoms. The number of likely N-dealkylation sites (N-methyl/N-ethyl adjacent to an activating group) is 1. The van der Waals surface area contributed by atoms with Gasteiger partial charge in [0.2, 0.25) is 5.91 Å². The van der Waals surface area contributed by atoms with Crippen LogP contribution in [0.5, 0.6) is 5.75 Å². The molecule has 0 saturated heterocycles. The highest BCUT2D eigenvalue weighted by atomic mass is 19.4. The zero-order valence-electron chi connectivity index (χ0n) is 15.6. The normalized spacial score (nSPS) is 11.2. The molecule has 0 aliphatic carbocycles. The third kappa shape index (κ3) is 8.59. The average molecular weight is 387 g/mol. The standard InChI is InChI=1S/C18H24F3N3O3/c1-5-6-22-17(26)23-15(25)10-24(4)9-14-7-12(2)16(13(3)8-14)27-11-18(19,20)21/h5,7-8H,1,6,9-11H2,2-4H3,(H2,22,23,25,26). The smallest absolute Gasteiger partial charge is 0.422 e. The minimum Gasteiger partial charge on any atom is -0.484 e. The highest BCUT2D eigenvalue weighted by molar-refractivity contribution is 5.95. The van der Waals surface area contributed by atoms with Gasteiger partial charge in [-0.2, -0.15) is 13.2 Å². The van der Waals surface area contributed by atoms with Crippen molar-refractivity contribution >= 4 is 11.9 Å². The van der Waals surface area contributed by atoms with Crippen LogP contribution in [0.3, 0.4) is 0 Å². The van der Waals surface area contributed by atoms with Crippen molar-refractivity contribution in [1.82, 2.24) is 15.5 Å². The lowest BCUT2D eigenvalue weighted by molar-refractivity contribution is -0.153. The number of imide groups is 1. The van der Waals surface area contributed by atoms with Crippen LogP contribution in [-0.4, -0.2) is 49.8 Å². The summed E-state index contributed by atoms with van der Waals surface area (Å²) in [5, 5.41) is 4.62. The second-order valence-corrected chi connectivity index (χ2v) is 6.18. The molecule has 150 valence electrons. The molecule has 1 rings (SSSR count). The zero-order chi connectivity index (χ0) is 20.6. The number of nitrogens with zero attached hydrogens (tertiary/aromatic N) is 1. The van der Waals surface area contributed by atoms with Crippen molar-refractivity contribution < 1.29 is 27.5 Å². The van der Waals surface area contributed by atoms with E-state index in [1.54, 1.807) is 37.9 Å². The Morgan fingerprint density at radius 1 is 1.26 bits per heavy atom. The van der Waals surface area contributed by atoms with E-state index >= 15 is 0 Å². The average Bonchev–Trinajstić information content (AvgIpc) is 2.50. The Morgan fingerprint density at radius 2 is 1.85 bits per heavy atom. The summed E-state index contributed by atoms with van der Waals surface area (Å²) < 4.78 is 41.9. The number of rotatable bonds is 8. The van der Waals surface area contributed by atoms with E-state index in [4.69, 9.17) is 4.74 Å². The van der Waals surface area contributed by atoms with Gasteiger partial charge in [-0.25, -0.2) is 4.79 Å². The summed E-state index contributed by atoms with van der Waals surface area (Å²) >= 11 is 0. The fourth-order valence-electron chi connectivity index (χ4n) is 2.50. The SMILES string of the molecule is C=CCNC(=O)NC(=O)CN(C)Cc1cc(C)c(OCC(F)(F)F)c(C)c1. The number of carbonyl (C=O) groups is 2. The summed E-state index contributed by atoms with van der Waals surface area (Å²) in [5.41, 5.74) is 1.97. The van der Waals surface area contributed by atoms with Crippen LogP contribution in [0.1, 0.15) is 16.7 Å². The van der Waals surface area contributed by atoms with Gasteiger partial charge in [0.05, 0.1) is 6.54 Å². The zero-order valence-corrected chi connectivity index (χ0v) is 15.6. The summed E-state index contributed by atoms with van der Waals surface area (Å²) in [4.78, 5) is 24.9. The van der Waals surface area contributed by atoms with E-state index in [1.807, 2.05) is 0 Å². The van der Waals surface area contributed by atoms with Gasteiger partial charge in [-0.3, -0.25) is 15.0 Å². The van der Waals surface area contributed by atoms with Crippen molar-refractivity contribution in [1.29, 1.82) is 0 Å². The molecule has 0 radical (unpaired) electrons. The Labute approximate surface area is 156 Å². The van der Waals surface area contributed by atoms with E-state index < -0.39 is 24.7 Å². The molecule has 6 nitrogen and oxygen atoms in total. The van der Waals surface area contributed by atoms with Crippen molar-refractivity contribution in [3.63, 3.8) is 0 Å². The Hall–Kier alpha value is -2.55. The first-order chi connectivity index (χ1) is 12.5. The van der Waals surface area contributed by atoms with Gasteiger partial charge in [0, 0.05) is 13.1 Å². The van der Waals surface area contributed by atoms with Crippen LogP contribution in [0, 0.1) is 13.8 Å². The third-order valence-corrected chi connectivity index (χ3v) is 3.43. The van der Waals surface area contributed by atoms with Crippen LogP contribution in [0.4, 0.5) is 18.0 Å². The van der Waals surface area contributed by atoms with Gasteiger partial charge in [-0.05, 0) is 37.6 Å². The Kier molecular flexibility index (Phi) is 8.30. The molecular formula is C18H24F3N3O3. The lowest BCUT2D eigenvalue weighted by atomic mass is 10.1. The number of nitrogens with one attached hydrogen (secondary N) is 2. The van der Waals surface area contributed by atoms with E-state index in [0.717, 1.165) is 5.56 Å². The van der Waals surface area contributed by atoms with Gasteiger partial charge < -0.3 is 10.1 Å². The lowest BCUT2D eigenvalue weighted by Crippen LogP contribution is -2.43. The molecule has 0 saturated carbocycles. The predicted octanol–water partition coefficient (Wildman–Crippen LogP) is 2.69. The van der Waals surface area contributed by atoms with Crippen molar-refractivity contribution in [3.8, 4) is 5.75 Å². The summed E-state index contributed by atoms with van der Waals surface area (Å²) in [6, 6.07) is 2.82. The molecule has 0 unspecified atom stereocenters. The number of halogens is 3. The van der Waals surface area contributed by atoms with E-state index in [-0.39, 0.29) is 18.8 Å². The van der Waals surface area contributed by atoms with Crippen LogP contribution < -0.4 is 15.4 Å². The van der Waals surface area contributed by atoms with Crippen LogP contribution in [-0.2, 0) is 11.3 Å². The van der Waals surface area contributed by atoms with Crippen molar-refractivity contribution in [2.75, 3.05) is 26.7 Å². The van der Waals surface area contributed by atoms with E-state index in [1.165, 1.54) is 6.08 Å². The Morgan fingerprint density at radius 3 is 2.37 bits per heavy atom. The second-order valence-electron chi connectivity index (χ2n) is 6.18. The predicted molar refractivity (Wildman–Crippen MR) is 95.5 cm³/mol. The maximum atomic E-state index is 12.3. The molecule has 0 heterocycles. The summed E-state index contributed by atoms with van der Waals surface area (Å²) in [6.45, 7) is 6.04. The molecule has 0 bridgehead atoms. The maximum absolute atomic E-state index is 12.3. The molecular weight excluding hydrogens is 363 g/mol. The highest BCUT2D eigenvalue weighted by Gasteiger charge is 2.29. The first kappa shape index (κ1) is 22.5. The Balaban J connectivity index is 2.64. The lowest BCUT2D eigenvalue weighted by Gasteiger charge is -2.19. The topological polar surface area (TPSA) is 70.7 Å². The van der Waals surface area contributed by atoms with E-state index in [9.17, 15) is 22.8 Å². The van der Waals surface area contributed by atoms with Gasteiger partial charge in [0.1, 0.15) is 5.75 Å². The van der Waals surface area contributed by atoms with Gasteiger partial charge >= 0.3 is 12.2 Å². The van der Waals surface area contributed by atoms with Crippen LogP contribution in [0.25, 0.3) is 0 Å². The van der Waals surface area contributed by atoms with Crippen LogP contribution in [0.2, 0.25) is 0 Å². The van der Waals surface area contributed by atoms with Gasteiger partial charge in [0.15, 0.2) is 6.61 Å². The van der Waals surface area contributed by atoms with Crippen molar-refractivity contribution in [3.05, 3.63) is 41.5 Å². The third-order valence-electron chi connectivity index (χ3n) is 3.43. The fourth-order valence-corrected chi connectivity index (χ4v) is 2.50. The summed E-state index contributed by atoms with van der Waals surface area (Å²) in [5.74, 6) is -0.270. The number of hydrogen-bond donors (Lipinski definition) is 2. The number of alkyl halides is 3. The Bertz CT molecular complexity index is 667. The number of urea groups is 1. The quantitative estimate of drug-likeness (QED) is 0.673. The highest BCUT2D eigenvalue weighted by Crippen LogP contribution is 2.27. The molecule has 1 aromatic rings. The fraction of sp³-hybridized carbons (Fsp3) is 0.444. The van der Waals surface area contributed by atoms with Crippen molar-refractivity contribution in [2.24, 2.45) is 0 Å². The number of benzene rings is 1. The molecule has 3 amide bonds. The number of carbonyl (C=O) groups excluding carboxylic acids is 2. The minimum absolute atomic E-state index is 0.0219. The number of aryl methyl sites for hydroxylation is 2. The molecule has 1 aromatic carbocycles. The first-order valence-electron chi connectivity index (χ1n) is 8.18. The van der Waals surface area contributed by atoms with Crippen molar-refractivity contribution in [2.45, 2.75) is 26.6 Å². The molecule has 0 fully saturated rings. The first-order valence-corrected chi connectivity index (χ1v) is 8.18. The molecule has 9 heteroatoms. The molecule has 2 N–H and O–H groups in total. The van der Waals surface area contributed by atoms with E-state index in [0.29, 0.717) is 17.7 Å². The number of hydrogen-bond acceptors (Lipinski definition) is 4. The molecule has 0 aromatic heterocycles. The molecule has 0 aliphatic heterocycles. The number of amides is 3. The number of ether oxygens (including phenoxy) is 1. The molecule has 0 aliphatic rings. The van der Waals surface area contributed by atoms with Crippen LogP contribution in [0.15, 0.2) is 24.8 Å². The van der Waals surface area contributed by atoms with E-state index in [2.05, 4.69) is 17.2 Å². The van der Waals surface area contributed by atoms with Gasteiger partial charge in [0.25, 0.3) is 0 Å². The maximum Gasteiger partial charge on any atom is 0.422 e. The summed E-state index contributed by atoms with van der Waals surface area (Å²) in [6.07, 6.45) is -2.91. The van der Waals surface area contributed by atoms with Gasteiger partial charge in [-0.15, -0.1) is 6.58 Å². The second kappa shape index (κ2) is 9.96. The minimum atomic E-state index is -4.40. The van der Waals surface area contributed by atoms with Gasteiger partial charge in [-0.1, -0.05) is 18.2 Å². The monoisotopic (exact) mass is 387 g/mol. The summed E-state index contributed by atoms with van der Waals surface area (Å²) in [7, 11) is 1.69. The largest absolute Gasteiger partial charge is 0.484 e. The molecule has 0 atom stereocenters. The van der Waals surface area contributed by atoms with Crippen LogP contribution >= 0.6 is 0 Å².